The van der Waals surface area contributed by atoms with Gasteiger partial charge in [-0.2, -0.15) is 0 Å². The Morgan fingerprint density at radius 2 is 1.67 bits per heavy atom. The van der Waals surface area contributed by atoms with Gasteiger partial charge in [-0.15, -0.1) is 0 Å². The smallest absolute Gasteiger partial charge is 0.336 e. The number of nitro groups is 1. The SMILES string of the molecule is O.O.O.O=C1c2cccc(Br)c2C(=O)C1[N+](=O)[O-]. The number of hydrogen-bond acceptors (Lipinski definition) is 4. The Morgan fingerprint density at radius 3 is 2.11 bits per heavy atom. The molecular weight excluding hydrogens is 314 g/mol. The van der Waals surface area contributed by atoms with Gasteiger partial charge in [0.2, 0.25) is 11.6 Å². The van der Waals surface area contributed by atoms with Crippen LogP contribution in [-0.2, 0) is 0 Å². The average molecular weight is 324 g/mol. The van der Waals surface area contributed by atoms with Crippen molar-refractivity contribution in [2.24, 2.45) is 0 Å². The van der Waals surface area contributed by atoms with E-state index in [2.05, 4.69) is 15.9 Å². The lowest BCUT2D eigenvalue weighted by molar-refractivity contribution is -0.488. The zero-order valence-electron chi connectivity index (χ0n) is 8.77. The van der Waals surface area contributed by atoms with Crippen molar-refractivity contribution < 1.29 is 30.9 Å². The highest BCUT2D eigenvalue weighted by molar-refractivity contribution is 9.10. The lowest BCUT2D eigenvalue weighted by Crippen LogP contribution is -2.31. The van der Waals surface area contributed by atoms with Gasteiger partial charge >= 0.3 is 6.04 Å². The fourth-order valence-corrected chi connectivity index (χ4v) is 2.14. The molecule has 100 valence electrons. The van der Waals surface area contributed by atoms with Crippen LogP contribution < -0.4 is 0 Å². The molecule has 1 atom stereocenters. The first-order valence-corrected chi connectivity index (χ1v) is 4.83. The maximum Gasteiger partial charge on any atom is 0.336 e. The fourth-order valence-electron chi connectivity index (χ4n) is 1.57. The molecule has 9 heteroatoms. The van der Waals surface area contributed by atoms with E-state index < -0.39 is 22.5 Å². The van der Waals surface area contributed by atoms with Gasteiger partial charge in [0.25, 0.3) is 0 Å². The highest BCUT2D eigenvalue weighted by Crippen LogP contribution is 2.30. The van der Waals surface area contributed by atoms with Gasteiger partial charge in [-0.1, -0.05) is 28.1 Å². The number of ketones is 2. The van der Waals surface area contributed by atoms with Crippen LogP contribution in [0.15, 0.2) is 22.7 Å². The molecule has 18 heavy (non-hydrogen) atoms. The first-order chi connectivity index (χ1) is 7.04. The molecule has 1 aromatic carbocycles. The molecule has 8 nitrogen and oxygen atoms in total. The molecule has 0 spiro atoms. The number of hydrogen-bond donors (Lipinski definition) is 0. The van der Waals surface area contributed by atoms with Gasteiger partial charge in [0.15, 0.2) is 0 Å². The number of carbonyl (C=O) groups is 2. The fraction of sp³-hybridized carbons (Fsp3) is 0.111. The first kappa shape index (κ1) is 18.7. The van der Waals surface area contributed by atoms with Crippen molar-refractivity contribution >= 4 is 27.5 Å². The molecule has 2 rings (SSSR count). The highest BCUT2D eigenvalue weighted by atomic mass is 79.9. The van der Waals surface area contributed by atoms with Gasteiger partial charge in [-0.05, 0) is 6.07 Å². The maximum absolute atomic E-state index is 11.6. The van der Waals surface area contributed by atoms with Crippen LogP contribution in [-0.4, -0.2) is 39.0 Å². The van der Waals surface area contributed by atoms with Crippen molar-refractivity contribution in [3.63, 3.8) is 0 Å². The van der Waals surface area contributed by atoms with E-state index in [-0.39, 0.29) is 27.6 Å². The molecule has 0 bridgehead atoms. The Morgan fingerprint density at radius 1 is 1.11 bits per heavy atom. The van der Waals surface area contributed by atoms with E-state index in [4.69, 9.17) is 0 Å². The van der Waals surface area contributed by atoms with Gasteiger partial charge in [0, 0.05) is 15.0 Å². The molecule has 0 fully saturated rings. The largest absolute Gasteiger partial charge is 0.412 e. The minimum atomic E-state index is -1.77. The predicted octanol–water partition coefficient (Wildman–Crippen LogP) is -1.00. The van der Waals surface area contributed by atoms with Crippen molar-refractivity contribution in [3.8, 4) is 0 Å². The Labute approximate surface area is 109 Å². The topological polar surface area (TPSA) is 172 Å². The molecule has 1 unspecified atom stereocenters. The lowest BCUT2D eigenvalue weighted by atomic mass is 10.1. The Balaban J connectivity index is 0. The van der Waals surface area contributed by atoms with Crippen LogP contribution in [0.3, 0.4) is 0 Å². The summed E-state index contributed by atoms with van der Waals surface area (Å²) in [4.78, 5) is 32.8. The summed E-state index contributed by atoms with van der Waals surface area (Å²) in [6, 6.07) is 2.80. The molecule has 0 aromatic heterocycles. The maximum atomic E-state index is 11.6. The third-order valence-electron chi connectivity index (χ3n) is 2.23. The highest BCUT2D eigenvalue weighted by Gasteiger charge is 2.48. The van der Waals surface area contributed by atoms with Crippen LogP contribution in [0.5, 0.6) is 0 Å². The van der Waals surface area contributed by atoms with Crippen LogP contribution >= 0.6 is 15.9 Å². The van der Waals surface area contributed by atoms with E-state index in [9.17, 15) is 19.7 Å². The number of fused-ring (bicyclic) bond motifs is 1. The summed E-state index contributed by atoms with van der Waals surface area (Å²) >= 11 is 3.10. The van der Waals surface area contributed by atoms with E-state index in [1.54, 1.807) is 12.1 Å². The minimum Gasteiger partial charge on any atom is -0.412 e. The Hall–Kier alpha value is -1.68. The van der Waals surface area contributed by atoms with Crippen LogP contribution in [0.1, 0.15) is 20.7 Å². The molecule has 0 radical (unpaired) electrons. The monoisotopic (exact) mass is 323 g/mol. The van der Waals surface area contributed by atoms with E-state index in [0.717, 1.165) is 0 Å². The van der Waals surface area contributed by atoms with Gasteiger partial charge in [0.1, 0.15) is 0 Å². The second-order valence-corrected chi connectivity index (χ2v) is 3.93. The second kappa shape index (κ2) is 6.31. The molecule has 1 aliphatic rings. The molecule has 0 amide bonds. The number of carbonyl (C=O) groups excluding carboxylic acids is 2. The average Bonchev–Trinajstić information content (AvgIpc) is 2.40. The van der Waals surface area contributed by atoms with Crippen molar-refractivity contribution in [3.05, 3.63) is 43.9 Å². The molecule has 0 aliphatic heterocycles. The van der Waals surface area contributed by atoms with Crippen LogP contribution in [0, 0.1) is 10.1 Å². The van der Waals surface area contributed by atoms with Crippen molar-refractivity contribution in [2.45, 2.75) is 6.04 Å². The van der Waals surface area contributed by atoms with Crippen LogP contribution in [0.4, 0.5) is 0 Å². The number of rotatable bonds is 1. The summed E-state index contributed by atoms with van der Waals surface area (Å²) in [6.45, 7) is 0. The Kier molecular flexibility index (Phi) is 6.54. The van der Waals surface area contributed by atoms with Crippen LogP contribution in [0.25, 0.3) is 0 Å². The third kappa shape index (κ3) is 2.43. The summed E-state index contributed by atoms with van der Waals surface area (Å²) in [6.07, 6.45) is 0. The molecule has 0 heterocycles. The Bertz CT molecular complexity index is 502. The summed E-state index contributed by atoms with van der Waals surface area (Å²) in [5.74, 6) is -1.48. The minimum absolute atomic E-state index is 0. The molecule has 1 aromatic rings. The quantitative estimate of drug-likeness (QED) is 0.366. The zero-order valence-corrected chi connectivity index (χ0v) is 10.4. The molecular formula is C9H10BrNO7. The number of nitrogens with zero attached hydrogens (tertiary/aromatic N) is 1. The van der Waals surface area contributed by atoms with E-state index >= 15 is 0 Å². The van der Waals surface area contributed by atoms with E-state index in [0.29, 0.717) is 4.47 Å². The number of Topliss-reactive ketones (excluding diaryl/α,β-unsaturated/α-hetero) is 2. The molecule has 6 N–H and O–H groups in total. The zero-order chi connectivity index (χ0) is 11.2. The van der Waals surface area contributed by atoms with Gasteiger partial charge in [-0.25, -0.2) is 0 Å². The standard InChI is InChI=1S/C9H4BrNO4.3H2O/c10-5-3-1-2-4-6(5)9(13)7(8(4)12)11(14)15;;;/h1-3,7H;3*1H2. The lowest BCUT2D eigenvalue weighted by Gasteiger charge is -1.96. The third-order valence-corrected chi connectivity index (χ3v) is 2.89. The van der Waals surface area contributed by atoms with Gasteiger partial charge in [0.05, 0.1) is 5.56 Å². The number of benzene rings is 1. The van der Waals surface area contributed by atoms with Crippen molar-refractivity contribution in [1.29, 1.82) is 0 Å². The normalized spacial score (nSPS) is 15.9. The summed E-state index contributed by atoms with van der Waals surface area (Å²) < 4.78 is 0.419. The molecule has 0 saturated carbocycles. The number of halogens is 1. The summed E-state index contributed by atoms with van der Waals surface area (Å²) in [7, 11) is 0. The first-order valence-electron chi connectivity index (χ1n) is 4.04. The van der Waals surface area contributed by atoms with E-state index in [1.807, 2.05) is 0 Å². The predicted molar refractivity (Wildman–Crippen MR) is 64.4 cm³/mol. The van der Waals surface area contributed by atoms with Gasteiger partial charge in [-0.3, -0.25) is 19.7 Å². The second-order valence-electron chi connectivity index (χ2n) is 3.08. The van der Waals surface area contributed by atoms with Crippen molar-refractivity contribution in [1.82, 2.24) is 0 Å². The summed E-state index contributed by atoms with van der Waals surface area (Å²) in [5.41, 5.74) is 0.236. The molecule has 0 saturated heterocycles. The van der Waals surface area contributed by atoms with E-state index in [1.165, 1.54) is 6.07 Å². The van der Waals surface area contributed by atoms with Gasteiger partial charge < -0.3 is 16.4 Å². The van der Waals surface area contributed by atoms with Crippen molar-refractivity contribution in [2.75, 3.05) is 0 Å². The molecule has 1 aliphatic carbocycles. The summed E-state index contributed by atoms with van der Waals surface area (Å²) in [5, 5.41) is 10.6. The van der Waals surface area contributed by atoms with Crippen LogP contribution in [0.2, 0.25) is 0 Å².